The minimum absolute atomic E-state index is 0.205. The van der Waals surface area contributed by atoms with E-state index < -0.39 is 15.3 Å². The van der Waals surface area contributed by atoms with Crippen LogP contribution in [0.4, 0.5) is 0 Å². The van der Waals surface area contributed by atoms with Crippen molar-refractivity contribution in [3.05, 3.63) is 0 Å². The Balaban J connectivity index is 2.39. The first-order valence-corrected chi connectivity index (χ1v) is 6.83. The van der Waals surface area contributed by atoms with Crippen LogP contribution in [0.2, 0.25) is 0 Å². The first-order valence-electron chi connectivity index (χ1n) is 5.28. The minimum Gasteiger partial charge on any atom is -0.329 e. The summed E-state index contributed by atoms with van der Waals surface area (Å²) < 4.78 is 25.9. The largest absolute Gasteiger partial charge is 0.329 e. The van der Waals surface area contributed by atoms with Crippen molar-refractivity contribution in [1.82, 2.24) is 4.72 Å². The van der Waals surface area contributed by atoms with Crippen molar-refractivity contribution < 1.29 is 8.42 Å². The first kappa shape index (κ1) is 11.9. The molecule has 1 saturated carbocycles. The summed E-state index contributed by atoms with van der Waals surface area (Å²) in [6.07, 6.45) is 4.13. The lowest BCUT2D eigenvalue weighted by atomic mass is 9.86. The zero-order valence-electron chi connectivity index (χ0n) is 8.70. The van der Waals surface area contributed by atoms with Crippen LogP contribution in [0.1, 0.15) is 32.6 Å². The monoisotopic (exact) mass is 220 g/mol. The van der Waals surface area contributed by atoms with E-state index in [2.05, 4.69) is 4.72 Å². The van der Waals surface area contributed by atoms with Crippen LogP contribution in [0.25, 0.3) is 0 Å². The van der Waals surface area contributed by atoms with Gasteiger partial charge < -0.3 is 5.73 Å². The van der Waals surface area contributed by atoms with Crippen molar-refractivity contribution >= 4 is 10.0 Å². The zero-order valence-corrected chi connectivity index (χ0v) is 9.52. The normalized spacial score (nSPS) is 20.4. The molecule has 3 N–H and O–H groups in total. The van der Waals surface area contributed by atoms with Crippen LogP contribution in [0.15, 0.2) is 0 Å². The highest BCUT2D eigenvalue weighted by atomic mass is 32.2. The molecule has 1 aliphatic carbocycles. The van der Waals surface area contributed by atoms with Crippen LogP contribution in [0.3, 0.4) is 0 Å². The fourth-order valence-electron chi connectivity index (χ4n) is 1.56. The summed E-state index contributed by atoms with van der Waals surface area (Å²) in [5, 5.41) is -0.428. The molecular formula is C9H20N2O2S. The molecule has 1 aliphatic rings. The molecule has 0 aromatic carbocycles. The van der Waals surface area contributed by atoms with Crippen LogP contribution in [0.5, 0.6) is 0 Å². The summed E-state index contributed by atoms with van der Waals surface area (Å²) in [7, 11) is -3.17. The summed E-state index contributed by atoms with van der Waals surface area (Å²) >= 11 is 0. The standard InChI is InChI=1S/C9H20N2O2S/c1-2-9(6-10)14(12,13)11-7-8-4-3-5-8/h8-9,11H,2-7,10H2,1H3. The van der Waals surface area contributed by atoms with Gasteiger partial charge in [-0.15, -0.1) is 0 Å². The molecule has 0 aromatic rings. The fraction of sp³-hybridized carbons (Fsp3) is 1.00. The molecule has 0 heterocycles. The third-order valence-corrected chi connectivity index (χ3v) is 4.93. The van der Waals surface area contributed by atoms with Gasteiger partial charge in [0.1, 0.15) is 0 Å². The molecular weight excluding hydrogens is 200 g/mol. The molecule has 1 unspecified atom stereocenters. The molecule has 4 nitrogen and oxygen atoms in total. The topological polar surface area (TPSA) is 72.2 Å². The van der Waals surface area contributed by atoms with Gasteiger partial charge in [0, 0.05) is 13.1 Å². The smallest absolute Gasteiger partial charge is 0.215 e. The second-order valence-electron chi connectivity index (χ2n) is 3.96. The summed E-state index contributed by atoms with van der Waals surface area (Å²) in [6.45, 7) is 2.65. The van der Waals surface area contributed by atoms with E-state index in [1.165, 1.54) is 6.42 Å². The van der Waals surface area contributed by atoms with E-state index >= 15 is 0 Å². The van der Waals surface area contributed by atoms with Gasteiger partial charge in [-0.1, -0.05) is 13.3 Å². The highest BCUT2D eigenvalue weighted by Crippen LogP contribution is 2.25. The molecule has 0 aromatic heterocycles. The van der Waals surface area contributed by atoms with E-state index in [9.17, 15) is 8.42 Å². The Morgan fingerprint density at radius 3 is 2.50 bits per heavy atom. The molecule has 1 atom stereocenters. The van der Waals surface area contributed by atoms with E-state index in [4.69, 9.17) is 5.73 Å². The Hall–Kier alpha value is -0.130. The van der Waals surface area contributed by atoms with Crippen molar-refractivity contribution in [1.29, 1.82) is 0 Å². The molecule has 0 amide bonds. The van der Waals surface area contributed by atoms with E-state index in [1.807, 2.05) is 6.92 Å². The van der Waals surface area contributed by atoms with Crippen molar-refractivity contribution in [3.63, 3.8) is 0 Å². The molecule has 0 aliphatic heterocycles. The Bertz CT molecular complexity index is 256. The minimum atomic E-state index is -3.17. The predicted octanol–water partition coefficient (Wildman–Crippen LogP) is 0.443. The number of nitrogens with one attached hydrogen (secondary N) is 1. The SMILES string of the molecule is CCC(CN)S(=O)(=O)NCC1CCC1. The van der Waals surface area contributed by atoms with Crippen molar-refractivity contribution in [2.75, 3.05) is 13.1 Å². The number of sulfonamides is 1. The van der Waals surface area contributed by atoms with Crippen LogP contribution in [-0.4, -0.2) is 26.8 Å². The zero-order chi connectivity index (χ0) is 10.6. The van der Waals surface area contributed by atoms with Crippen molar-refractivity contribution in [2.24, 2.45) is 11.7 Å². The molecule has 1 rings (SSSR count). The number of nitrogens with two attached hydrogens (primary N) is 1. The van der Waals surface area contributed by atoms with E-state index in [0.29, 0.717) is 18.9 Å². The molecule has 14 heavy (non-hydrogen) atoms. The summed E-state index contributed by atoms with van der Waals surface area (Å²) in [4.78, 5) is 0. The van der Waals surface area contributed by atoms with Crippen LogP contribution < -0.4 is 10.5 Å². The maximum absolute atomic E-state index is 11.6. The maximum atomic E-state index is 11.6. The van der Waals surface area contributed by atoms with Gasteiger partial charge in [0.2, 0.25) is 10.0 Å². The highest BCUT2D eigenvalue weighted by molar-refractivity contribution is 7.90. The van der Waals surface area contributed by atoms with Gasteiger partial charge in [0.15, 0.2) is 0 Å². The van der Waals surface area contributed by atoms with Gasteiger partial charge in [-0.2, -0.15) is 0 Å². The van der Waals surface area contributed by atoms with Crippen LogP contribution in [-0.2, 0) is 10.0 Å². The summed E-state index contributed by atoms with van der Waals surface area (Å²) in [5.41, 5.74) is 5.40. The number of rotatable bonds is 6. The Morgan fingerprint density at radius 1 is 1.50 bits per heavy atom. The summed E-state index contributed by atoms with van der Waals surface area (Å²) in [5.74, 6) is 0.556. The lowest BCUT2D eigenvalue weighted by molar-refractivity contribution is 0.316. The highest BCUT2D eigenvalue weighted by Gasteiger charge is 2.24. The quantitative estimate of drug-likeness (QED) is 0.682. The lowest BCUT2D eigenvalue weighted by Gasteiger charge is -2.26. The first-order chi connectivity index (χ1) is 6.60. The summed E-state index contributed by atoms with van der Waals surface area (Å²) in [6, 6.07) is 0. The Kier molecular flexibility index (Phi) is 4.34. The van der Waals surface area contributed by atoms with Gasteiger partial charge in [0.05, 0.1) is 5.25 Å². The third kappa shape index (κ3) is 2.93. The molecule has 0 radical (unpaired) electrons. The molecule has 1 fully saturated rings. The molecule has 0 spiro atoms. The van der Waals surface area contributed by atoms with E-state index in [-0.39, 0.29) is 6.54 Å². The Labute approximate surface area is 86.3 Å². The van der Waals surface area contributed by atoms with Crippen molar-refractivity contribution in [3.8, 4) is 0 Å². The maximum Gasteiger partial charge on any atom is 0.215 e. The van der Waals surface area contributed by atoms with E-state index in [1.54, 1.807) is 0 Å². The number of hydrogen-bond donors (Lipinski definition) is 2. The second kappa shape index (κ2) is 5.09. The lowest BCUT2D eigenvalue weighted by Crippen LogP contribution is -2.41. The molecule has 0 saturated heterocycles. The molecule has 5 heteroatoms. The fourth-order valence-corrected chi connectivity index (χ4v) is 2.96. The number of hydrogen-bond acceptors (Lipinski definition) is 3. The Morgan fingerprint density at radius 2 is 2.14 bits per heavy atom. The second-order valence-corrected chi connectivity index (χ2v) is 6.00. The molecule has 0 bridgehead atoms. The van der Waals surface area contributed by atoms with Gasteiger partial charge >= 0.3 is 0 Å². The predicted molar refractivity (Wildman–Crippen MR) is 57.4 cm³/mol. The molecule has 84 valence electrons. The van der Waals surface area contributed by atoms with Gasteiger partial charge in [-0.3, -0.25) is 0 Å². The third-order valence-electron chi connectivity index (χ3n) is 2.96. The average molecular weight is 220 g/mol. The van der Waals surface area contributed by atoms with Crippen molar-refractivity contribution in [2.45, 2.75) is 37.9 Å². The van der Waals surface area contributed by atoms with Gasteiger partial charge in [-0.05, 0) is 25.2 Å². The van der Waals surface area contributed by atoms with Gasteiger partial charge in [0.25, 0.3) is 0 Å². The van der Waals surface area contributed by atoms with Crippen LogP contribution in [0, 0.1) is 5.92 Å². The van der Waals surface area contributed by atoms with Gasteiger partial charge in [-0.25, -0.2) is 13.1 Å². The van der Waals surface area contributed by atoms with Crippen LogP contribution >= 0.6 is 0 Å². The average Bonchev–Trinajstić information content (AvgIpc) is 2.02. The van der Waals surface area contributed by atoms with E-state index in [0.717, 1.165) is 12.8 Å².